The second-order valence-corrected chi connectivity index (χ2v) is 4.77. The van der Waals surface area contributed by atoms with Crippen LogP contribution in [0.3, 0.4) is 0 Å². The fourth-order valence-electron chi connectivity index (χ4n) is 2.36. The monoisotopic (exact) mass is 294 g/mol. The lowest BCUT2D eigenvalue weighted by molar-refractivity contribution is 0.629. The molecule has 0 aliphatic heterocycles. The first-order chi connectivity index (χ1) is 10.8. The molecule has 6 nitrogen and oxygen atoms in total. The van der Waals surface area contributed by atoms with Gasteiger partial charge in [0.25, 0.3) is 0 Å². The molecule has 0 fully saturated rings. The third-order valence-corrected chi connectivity index (χ3v) is 3.40. The quantitative estimate of drug-likeness (QED) is 0.628. The van der Waals surface area contributed by atoms with E-state index in [2.05, 4.69) is 25.4 Å². The van der Waals surface area contributed by atoms with Gasteiger partial charge in [0, 0.05) is 17.6 Å². The topological polar surface area (TPSA) is 68.0 Å². The van der Waals surface area contributed by atoms with Crippen molar-refractivity contribution in [3.8, 4) is 0 Å². The zero-order valence-corrected chi connectivity index (χ0v) is 11.4. The zero-order chi connectivity index (χ0) is 14.9. The summed E-state index contributed by atoms with van der Waals surface area (Å²) in [5.41, 5.74) is 2.40. The van der Waals surface area contributed by atoms with Gasteiger partial charge in [-0.25, -0.2) is 23.9 Å². The predicted molar refractivity (Wildman–Crippen MR) is 79.8 cm³/mol. The van der Waals surface area contributed by atoms with E-state index in [9.17, 15) is 4.39 Å². The fraction of sp³-hybridized carbons (Fsp3) is 0.0667. The molecule has 0 unspecified atom stereocenters. The third kappa shape index (κ3) is 2.12. The Morgan fingerprint density at radius 2 is 2.00 bits per heavy atom. The molecule has 108 valence electrons. The summed E-state index contributed by atoms with van der Waals surface area (Å²) in [4.78, 5) is 12.5. The minimum Gasteiger partial charge on any atom is -0.364 e. The summed E-state index contributed by atoms with van der Waals surface area (Å²) in [6.07, 6.45) is 4.88. The Kier molecular flexibility index (Phi) is 2.89. The van der Waals surface area contributed by atoms with Crippen LogP contribution in [0, 0.1) is 5.82 Å². The number of nitrogens with zero attached hydrogens (tertiary/aromatic N) is 5. The maximum atomic E-state index is 13.4. The summed E-state index contributed by atoms with van der Waals surface area (Å²) >= 11 is 0. The molecule has 3 heterocycles. The van der Waals surface area contributed by atoms with E-state index in [0.717, 1.165) is 11.3 Å². The van der Waals surface area contributed by atoms with Crippen LogP contribution in [-0.4, -0.2) is 24.6 Å². The van der Waals surface area contributed by atoms with Crippen molar-refractivity contribution in [1.29, 1.82) is 0 Å². The predicted octanol–water partition coefficient (Wildman–Crippen LogP) is 2.42. The molecular weight excluding hydrogens is 283 g/mol. The van der Waals surface area contributed by atoms with Crippen LogP contribution in [0.15, 0.2) is 49.1 Å². The lowest BCUT2D eigenvalue weighted by atomic mass is 10.2. The van der Waals surface area contributed by atoms with E-state index in [1.807, 2.05) is 12.1 Å². The van der Waals surface area contributed by atoms with E-state index in [1.54, 1.807) is 23.0 Å². The molecule has 0 saturated heterocycles. The Morgan fingerprint density at radius 3 is 2.95 bits per heavy atom. The van der Waals surface area contributed by atoms with Gasteiger partial charge in [-0.3, -0.25) is 0 Å². The number of benzene rings is 1. The Hall–Kier alpha value is -3.09. The van der Waals surface area contributed by atoms with Gasteiger partial charge in [-0.1, -0.05) is 0 Å². The van der Waals surface area contributed by atoms with E-state index >= 15 is 0 Å². The first kappa shape index (κ1) is 12.6. The third-order valence-electron chi connectivity index (χ3n) is 3.40. The van der Waals surface area contributed by atoms with Crippen molar-refractivity contribution in [2.24, 2.45) is 0 Å². The number of nitrogens with one attached hydrogen (secondary N) is 1. The molecule has 0 aliphatic carbocycles. The van der Waals surface area contributed by atoms with E-state index in [-0.39, 0.29) is 5.82 Å². The molecule has 0 aliphatic rings. The van der Waals surface area contributed by atoms with Crippen molar-refractivity contribution in [2.75, 3.05) is 5.32 Å². The molecule has 22 heavy (non-hydrogen) atoms. The standard InChI is InChI=1S/C15H11FN6/c16-10-1-2-13-12(7-10)15(20-9-19-13)18-8-11-3-5-17-14-4-6-21-22(11)14/h1-7,9H,8H2,(H,18,19,20). The molecule has 1 N–H and O–H groups in total. The number of anilines is 1. The number of hydrogen-bond acceptors (Lipinski definition) is 5. The Morgan fingerprint density at radius 1 is 1.05 bits per heavy atom. The number of aromatic nitrogens is 5. The molecular formula is C15H11FN6. The Labute approximate surface area is 124 Å². The largest absolute Gasteiger partial charge is 0.364 e. The van der Waals surface area contributed by atoms with Crippen LogP contribution >= 0.6 is 0 Å². The van der Waals surface area contributed by atoms with Crippen molar-refractivity contribution in [2.45, 2.75) is 6.54 Å². The average Bonchev–Trinajstić information content (AvgIpc) is 3.02. The molecule has 0 spiro atoms. The van der Waals surface area contributed by atoms with Crippen molar-refractivity contribution in [1.82, 2.24) is 24.6 Å². The molecule has 0 radical (unpaired) electrons. The number of hydrogen-bond donors (Lipinski definition) is 1. The molecule has 0 atom stereocenters. The average molecular weight is 294 g/mol. The normalized spacial score (nSPS) is 11.1. The van der Waals surface area contributed by atoms with Crippen LogP contribution in [0.1, 0.15) is 5.69 Å². The van der Waals surface area contributed by atoms with Gasteiger partial charge in [0.2, 0.25) is 0 Å². The van der Waals surface area contributed by atoms with Gasteiger partial charge in [0.15, 0.2) is 5.65 Å². The first-order valence-corrected chi connectivity index (χ1v) is 6.73. The summed E-state index contributed by atoms with van der Waals surface area (Å²) in [7, 11) is 0. The fourth-order valence-corrected chi connectivity index (χ4v) is 2.36. The Balaban J connectivity index is 1.69. The molecule has 0 amide bonds. The maximum absolute atomic E-state index is 13.4. The van der Waals surface area contributed by atoms with Gasteiger partial charge in [0.05, 0.1) is 24.0 Å². The van der Waals surface area contributed by atoms with E-state index in [1.165, 1.54) is 18.5 Å². The van der Waals surface area contributed by atoms with Crippen LogP contribution in [0.4, 0.5) is 10.2 Å². The van der Waals surface area contributed by atoms with Gasteiger partial charge in [0.1, 0.15) is 18.0 Å². The van der Waals surface area contributed by atoms with Gasteiger partial charge in [-0.05, 0) is 24.3 Å². The van der Waals surface area contributed by atoms with Crippen molar-refractivity contribution in [3.63, 3.8) is 0 Å². The number of fused-ring (bicyclic) bond motifs is 2. The van der Waals surface area contributed by atoms with E-state index in [0.29, 0.717) is 23.3 Å². The summed E-state index contributed by atoms with van der Waals surface area (Å²) in [6, 6.07) is 8.15. The van der Waals surface area contributed by atoms with Gasteiger partial charge < -0.3 is 5.32 Å². The highest BCUT2D eigenvalue weighted by molar-refractivity contribution is 5.88. The number of halogens is 1. The van der Waals surface area contributed by atoms with Crippen LogP contribution in [0.5, 0.6) is 0 Å². The highest BCUT2D eigenvalue weighted by Gasteiger charge is 2.07. The van der Waals surface area contributed by atoms with E-state index in [4.69, 9.17) is 0 Å². The van der Waals surface area contributed by atoms with Gasteiger partial charge >= 0.3 is 0 Å². The van der Waals surface area contributed by atoms with Crippen molar-refractivity contribution < 1.29 is 4.39 Å². The molecule has 1 aromatic carbocycles. The summed E-state index contributed by atoms with van der Waals surface area (Å²) < 4.78 is 15.2. The van der Waals surface area contributed by atoms with Crippen molar-refractivity contribution >= 4 is 22.4 Å². The lowest BCUT2D eigenvalue weighted by Crippen LogP contribution is -2.08. The van der Waals surface area contributed by atoms with Gasteiger partial charge in [-0.15, -0.1) is 0 Å². The SMILES string of the molecule is Fc1ccc2ncnc(NCc3ccnc4ccnn34)c2c1. The minimum absolute atomic E-state index is 0.316. The van der Waals surface area contributed by atoms with Gasteiger partial charge in [-0.2, -0.15) is 5.10 Å². The molecule has 7 heteroatoms. The smallest absolute Gasteiger partial charge is 0.155 e. The molecule has 0 bridgehead atoms. The molecule has 4 aromatic rings. The highest BCUT2D eigenvalue weighted by Crippen LogP contribution is 2.20. The summed E-state index contributed by atoms with van der Waals surface area (Å²) in [5, 5.41) is 8.08. The second-order valence-electron chi connectivity index (χ2n) is 4.77. The van der Waals surface area contributed by atoms with Crippen LogP contribution in [0.25, 0.3) is 16.6 Å². The molecule has 3 aromatic heterocycles. The summed E-state index contributed by atoms with van der Waals surface area (Å²) in [6.45, 7) is 0.489. The maximum Gasteiger partial charge on any atom is 0.155 e. The van der Waals surface area contributed by atoms with Crippen LogP contribution in [-0.2, 0) is 6.54 Å². The highest BCUT2D eigenvalue weighted by atomic mass is 19.1. The number of rotatable bonds is 3. The Bertz CT molecular complexity index is 964. The van der Waals surface area contributed by atoms with E-state index < -0.39 is 0 Å². The minimum atomic E-state index is -0.316. The van der Waals surface area contributed by atoms with Crippen LogP contribution in [0.2, 0.25) is 0 Å². The zero-order valence-electron chi connectivity index (χ0n) is 11.4. The lowest BCUT2D eigenvalue weighted by Gasteiger charge is -2.09. The molecule has 0 saturated carbocycles. The summed E-state index contributed by atoms with van der Waals surface area (Å²) in [5.74, 6) is 0.269. The first-order valence-electron chi connectivity index (χ1n) is 6.73. The van der Waals surface area contributed by atoms with Crippen molar-refractivity contribution in [3.05, 3.63) is 60.6 Å². The second kappa shape index (κ2) is 5.03. The van der Waals surface area contributed by atoms with Crippen LogP contribution < -0.4 is 5.32 Å². The molecule has 4 rings (SSSR count).